The van der Waals surface area contributed by atoms with E-state index in [9.17, 15) is 4.39 Å². The van der Waals surface area contributed by atoms with Gasteiger partial charge >= 0.3 is 0 Å². The van der Waals surface area contributed by atoms with Gasteiger partial charge in [-0.2, -0.15) is 0 Å². The first-order chi connectivity index (χ1) is 9.60. The van der Waals surface area contributed by atoms with E-state index < -0.39 is 0 Å². The Kier molecular flexibility index (Phi) is 4.74. The first kappa shape index (κ1) is 14.5. The molecule has 0 heterocycles. The van der Waals surface area contributed by atoms with Crippen molar-refractivity contribution < 1.29 is 9.13 Å². The number of hydrogen-bond acceptors (Lipinski definition) is 2. The van der Waals surface area contributed by atoms with Gasteiger partial charge in [-0.25, -0.2) is 4.39 Å². The van der Waals surface area contributed by atoms with Gasteiger partial charge in [0, 0.05) is 12.6 Å². The van der Waals surface area contributed by atoms with Crippen molar-refractivity contribution in [2.24, 2.45) is 0 Å². The lowest BCUT2D eigenvalue weighted by Gasteiger charge is -2.15. The summed E-state index contributed by atoms with van der Waals surface area (Å²) in [6.45, 7) is 4.61. The third-order valence-electron chi connectivity index (χ3n) is 3.45. The monoisotopic (exact) mass is 273 g/mol. The van der Waals surface area contributed by atoms with Crippen LogP contribution in [0.4, 0.5) is 4.39 Å². The van der Waals surface area contributed by atoms with Crippen molar-refractivity contribution in [2.75, 3.05) is 7.11 Å². The van der Waals surface area contributed by atoms with Gasteiger partial charge in [-0.3, -0.25) is 0 Å². The van der Waals surface area contributed by atoms with Crippen LogP contribution in [0.5, 0.6) is 5.75 Å². The Morgan fingerprint density at radius 2 is 1.85 bits per heavy atom. The largest absolute Gasteiger partial charge is 0.497 e. The summed E-state index contributed by atoms with van der Waals surface area (Å²) in [5.41, 5.74) is 2.97. The van der Waals surface area contributed by atoms with E-state index in [0.29, 0.717) is 12.1 Å². The first-order valence-electron chi connectivity index (χ1n) is 6.72. The highest BCUT2D eigenvalue weighted by Gasteiger charge is 2.06. The van der Waals surface area contributed by atoms with E-state index in [4.69, 9.17) is 4.74 Å². The molecule has 2 nitrogen and oxygen atoms in total. The molecule has 0 fully saturated rings. The van der Waals surface area contributed by atoms with Crippen molar-refractivity contribution in [3.63, 3.8) is 0 Å². The molecule has 2 rings (SSSR count). The van der Waals surface area contributed by atoms with Crippen molar-refractivity contribution in [1.82, 2.24) is 5.32 Å². The molecule has 0 aliphatic carbocycles. The summed E-state index contributed by atoms with van der Waals surface area (Å²) in [6.07, 6.45) is 0. The van der Waals surface area contributed by atoms with Crippen LogP contribution < -0.4 is 10.1 Å². The summed E-state index contributed by atoms with van der Waals surface area (Å²) in [5.74, 6) is 0.701. The number of ether oxygens (including phenoxy) is 1. The van der Waals surface area contributed by atoms with Crippen LogP contribution in [-0.2, 0) is 6.54 Å². The predicted molar refractivity (Wildman–Crippen MR) is 79.4 cm³/mol. The van der Waals surface area contributed by atoms with E-state index in [1.165, 1.54) is 11.6 Å². The van der Waals surface area contributed by atoms with Gasteiger partial charge in [-0.05, 0) is 48.7 Å². The molecule has 1 atom stereocenters. The first-order valence-corrected chi connectivity index (χ1v) is 6.72. The standard InChI is InChI=1S/C17H20FNO/c1-12-10-14(4-9-17(12)18)11-19-13(2)15-5-7-16(20-3)8-6-15/h4-10,13,19H,11H2,1-3H3/t13-/m1/s1. The summed E-state index contributed by atoms with van der Waals surface area (Å²) in [4.78, 5) is 0. The average Bonchev–Trinajstić information content (AvgIpc) is 2.48. The van der Waals surface area contributed by atoms with Crippen molar-refractivity contribution >= 4 is 0 Å². The summed E-state index contributed by atoms with van der Waals surface area (Å²) < 4.78 is 18.3. The molecule has 3 heteroatoms. The van der Waals surface area contributed by atoms with Gasteiger partial charge in [0.15, 0.2) is 0 Å². The molecule has 20 heavy (non-hydrogen) atoms. The van der Waals surface area contributed by atoms with Gasteiger partial charge in [0.05, 0.1) is 7.11 Å². The second-order valence-electron chi connectivity index (χ2n) is 4.96. The van der Waals surface area contributed by atoms with Gasteiger partial charge in [0.1, 0.15) is 11.6 Å². The molecule has 0 unspecified atom stereocenters. The molecular formula is C17H20FNO. The van der Waals surface area contributed by atoms with E-state index in [1.807, 2.05) is 36.4 Å². The second kappa shape index (κ2) is 6.53. The maximum atomic E-state index is 13.2. The van der Waals surface area contributed by atoms with Crippen molar-refractivity contribution in [3.8, 4) is 5.75 Å². The fraction of sp³-hybridized carbons (Fsp3) is 0.294. The molecule has 0 radical (unpaired) electrons. The lowest BCUT2D eigenvalue weighted by molar-refractivity contribution is 0.414. The molecular weight excluding hydrogens is 253 g/mol. The number of halogens is 1. The predicted octanol–water partition coefficient (Wildman–Crippen LogP) is 3.99. The fourth-order valence-electron chi connectivity index (χ4n) is 2.10. The third kappa shape index (κ3) is 3.58. The maximum absolute atomic E-state index is 13.2. The molecule has 0 saturated heterocycles. The number of aryl methyl sites for hydroxylation is 1. The zero-order chi connectivity index (χ0) is 14.5. The molecule has 0 amide bonds. The van der Waals surface area contributed by atoms with Crippen LogP contribution in [0.1, 0.15) is 29.7 Å². The highest BCUT2D eigenvalue weighted by Crippen LogP contribution is 2.18. The second-order valence-corrected chi connectivity index (χ2v) is 4.96. The zero-order valence-corrected chi connectivity index (χ0v) is 12.1. The Labute approximate surface area is 119 Å². The molecule has 0 aliphatic heterocycles. The topological polar surface area (TPSA) is 21.3 Å². The Hall–Kier alpha value is -1.87. The molecule has 0 aliphatic rings. The molecule has 2 aromatic carbocycles. The van der Waals surface area contributed by atoms with Crippen LogP contribution in [0.3, 0.4) is 0 Å². The van der Waals surface area contributed by atoms with Crippen LogP contribution in [0, 0.1) is 12.7 Å². The van der Waals surface area contributed by atoms with Crippen LogP contribution in [0.15, 0.2) is 42.5 Å². The zero-order valence-electron chi connectivity index (χ0n) is 12.1. The van der Waals surface area contributed by atoms with Crippen LogP contribution in [0.25, 0.3) is 0 Å². The Bertz CT molecular complexity index is 566. The highest BCUT2D eigenvalue weighted by molar-refractivity contribution is 5.29. The quantitative estimate of drug-likeness (QED) is 0.889. The van der Waals surface area contributed by atoms with Crippen LogP contribution in [-0.4, -0.2) is 7.11 Å². The van der Waals surface area contributed by atoms with E-state index in [-0.39, 0.29) is 11.9 Å². The minimum atomic E-state index is -0.156. The fourth-order valence-corrected chi connectivity index (χ4v) is 2.10. The molecule has 106 valence electrons. The molecule has 0 saturated carbocycles. The lowest BCUT2D eigenvalue weighted by atomic mass is 10.1. The summed E-state index contributed by atoms with van der Waals surface area (Å²) in [7, 11) is 1.66. The SMILES string of the molecule is COc1ccc([C@@H](C)NCc2ccc(F)c(C)c2)cc1. The van der Waals surface area contributed by atoms with Gasteiger partial charge in [0.25, 0.3) is 0 Å². The van der Waals surface area contributed by atoms with Crippen molar-refractivity contribution in [1.29, 1.82) is 0 Å². The van der Waals surface area contributed by atoms with E-state index in [0.717, 1.165) is 11.3 Å². The number of methoxy groups -OCH3 is 1. The lowest BCUT2D eigenvalue weighted by Crippen LogP contribution is -2.18. The third-order valence-corrected chi connectivity index (χ3v) is 3.45. The Morgan fingerprint density at radius 3 is 2.45 bits per heavy atom. The number of benzene rings is 2. The molecule has 0 aromatic heterocycles. The Morgan fingerprint density at radius 1 is 1.15 bits per heavy atom. The van der Waals surface area contributed by atoms with Crippen molar-refractivity contribution in [3.05, 3.63) is 65.0 Å². The van der Waals surface area contributed by atoms with Crippen LogP contribution >= 0.6 is 0 Å². The molecule has 2 aromatic rings. The van der Waals surface area contributed by atoms with E-state index >= 15 is 0 Å². The summed E-state index contributed by atoms with van der Waals surface area (Å²) in [5, 5.41) is 3.44. The van der Waals surface area contributed by atoms with E-state index in [2.05, 4.69) is 12.2 Å². The summed E-state index contributed by atoms with van der Waals surface area (Å²) in [6, 6.07) is 13.4. The van der Waals surface area contributed by atoms with Gasteiger partial charge in [-0.1, -0.05) is 24.3 Å². The van der Waals surface area contributed by atoms with Crippen LogP contribution in [0.2, 0.25) is 0 Å². The smallest absolute Gasteiger partial charge is 0.126 e. The molecule has 1 N–H and O–H groups in total. The van der Waals surface area contributed by atoms with Gasteiger partial charge in [0.2, 0.25) is 0 Å². The number of nitrogens with one attached hydrogen (secondary N) is 1. The molecule has 0 bridgehead atoms. The highest BCUT2D eigenvalue weighted by atomic mass is 19.1. The molecule has 0 spiro atoms. The minimum Gasteiger partial charge on any atom is -0.497 e. The summed E-state index contributed by atoms with van der Waals surface area (Å²) >= 11 is 0. The van der Waals surface area contributed by atoms with Crippen molar-refractivity contribution in [2.45, 2.75) is 26.4 Å². The maximum Gasteiger partial charge on any atom is 0.126 e. The van der Waals surface area contributed by atoms with Gasteiger partial charge < -0.3 is 10.1 Å². The number of hydrogen-bond donors (Lipinski definition) is 1. The average molecular weight is 273 g/mol. The normalized spacial score (nSPS) is 12.2. The number of rotatable bonds is 5. The van der Waals surface area contributed by atoms with E-state index in [1.54, 1.807) is 14.0 Å². The Balaban J connectivity index is 1.96. The van der Waals surface area contributed by atoms with Gasteiger partial charge in [-0.15, -0.1) is 0 Å². The minimum absolute atomic E-state index is 0.156.